The van der Waals surface area contributed by atoms with Crippen LogP contribution < -0.4 is 5.32 Å². The van der Waals surface area contributed by atoms with Crippen molar-refractivity contribution < 1.29 is 9.53 Å². The molecule has 0 radical (unpaired) electrons. The molecule has 1 N–H and O–H groups in total. The lowest BCUT2D eigenvalue weighted by atomic mass is 10.1. The molecule has 1 atom stereocenters. The van der Waals surface area contributed by atoms with Crippen LogP contribution in [0, 0.1) is 6.92 Å². The minimum atomic E-state index is -0.140. The van der Waals surface area contributed by atoms with Crippen molar-refractivity contribution >= 4 is 5.91 Å². The van der Waals surface area contributed by atoms with E-state index in [2.05, 4.69) is 57.2 Å². The number of hydrogen-bond acceptors (Lipinski definition) is 4. The highest BCUT2D eigenvalue weighted by molar-refractivity contribution is 5.93. The molecule has 2 aromatic heterocycles. The highest BCUT2D eigenvalue weighted by Gasteiger charge is 2.22. The Bertz CT molecular complexity index is 903. The number of pyridine rings is 1. The normalized spacial score (nSPS) is 16.1. The minimum Gasteiger partial charge on any atom is -0.367 e. The first-order valence-corrected chi connectivity index (χ1v) is 8.62. The summed E-state index contributed by atoms with van der Waals surface area (Å²) in [5.74, 6) is 0.772. The molecule has 0 saturated heterocycles. The van der Waals surface area contributed by atoms with Crippen LogP contribution in [0.1, 0.15) is 21.7 Å². The van der Waals surface area contributed by atoms with Gasteiger partial charge in [-0.2, -0.15) is 0 Å². The molecule has 0 spiro atoms. The summed E-state index contributed by atoms with van der Waals surface area (Å²) in [6.07, 6.45) is 5.17. The Morgan fingerprint density at radius 1 is 1.31 bits per heavy atom. The number of aryl methyl sites for hydroxylation is 1. The van der Waals surface area contributed by atoms with E-state index in [-0.39, 0.29) is 12.0 Å². The second-order valence-corrected chi connectivity index (χ2v) is 6.45. The van der Waals surface area contributed by atoms with Crippen molar-refractivity contribution in [2.75, 3.05) is 6.54 Å². The summed E-state index contributed by atoms with van der Waals surface area (Å²) in [5.41, 5.74) is 3.82. The predicted octanol–water partition coefficient (Wildman–Crippen LogP) is 2.58. The second-order valence-electron chi connectivity index (χ2n) is 6.45. The van der Waals surface area contributed by atoms with E-state index in [0.29, 0.717) is 25.3 Å². The fourth-order valence-corrected chi connectivity index (χ4v) is 2.98. The lowest BCUT2D eigenvalue weighted by Gasteiger charge is -2.24. The third-order valence-electron chi connectivity index (χ3n) is 4.47. The summed E-state index contributed by atoms with van der Waals surface area (Å²) in [6.45, 7) is 3.63. The Morgan fingerprint density at radius 3 is 2.92 bits per heavy atom. The average Bonchev–Trinajstić information content (AvgIpc) is 3.10. The van der Waals surface area contributed by atoms with E-state index >= 15 is 0 Å². The monoisotopic (exact) mass is 348 g/mol. The zero-order valence-electron chi connectivity index (χ0n) is 14.6. The number of nitrogens with one attached hydrogen (secondary N) is 1. The molecule has 0 aliphatic carbocycles. The third-order valence-corrected chi connectivity index (χ3v) is 4.47. The number of carbonyl (C=O) groups excluding carboxylic acids is 1. The number of hydrogen-bond donors (Lipinski definition) is 1. The van der Waals surface area contributed by atoms with Crippen LogP contribution in [0.25, 0.3) is 11.3 Å². The molecule has 0 bridgehead atoms. The van der Waals surface area contributed by atoms with Gasteiger partial charge in [0.1, 0.15) is 12.4 Å². The second kappa shape index (κ2) is 7.09. The fraction of sp³-hybridized carbons (Fsp3) is 0.250. The van der Waals surface area contributed by atoms with E-state index in [0.717, 1.165) is 17.1 Å². The highest BCUT2D eigenvalue weighted by atomic mass is 16.5. The van der Waals surface area contributed by atoms with E-state index < -0.39 is 0 Å². The molecule has 6 nitrogen and oxygen atoms in total. The fourth-order valence-electron chi connectivity index (χ4n) is 2.98. The quantitative estimate of drug-likeness (QED) is 0.787. The Morgan fingerprint density at radius 2 is 2.15 bits per heavy atom. The number of aromatic nitrogens is 3. The first-order chi connectivity index (χ1) is 12.7. The van der Waals surface area contributed by atoms with Crippen LogP contribution in [-0.4, -0.2) is 33.1 Å². The van der Waals surface area contributed by atoms with Gasteiger partial charge >= 0.3 is 0 Å². The molecule has 132 valence electrons. The molecule has 3 heterocycles. The number of ether oxygens (including phenoxy) is 1. The number of rotatable bonds is 4. The van der Waals surface area contributed by atoms with Gasteiger partial charge < -0.3 is 14.6 Å². The molecule has 4 rings (SSSR count). The summed E-state index contributed by atoms with van der Waals surface area (Å²) in [7, 11) is 0. The van der Waals surface area contributed by atoms with Gasteiger partial charge in [-0.25, -0.2) is 4.98 Å². The standard InChI is InChI=1S/C20H20N4O2/c1-14-4-6-15(7-5-14)18-12-24-11-17(26-13-19(24)23-18)10-22-20(25)16-3-2-8-21-9-16/h2-9,12,17H,10-11,13H2,1H3,(H,22,25)/t17-/m0/s1. The van der Waals surface area contributed by atoms with E-state index in [1.165, 1.54) is 5.56 Å². The minimum absolute atomic E-state index is 0.0804. The van der Waals surface area contributed by atoms with Gasteiger partial charge in [-0.15, -0.1) is 0 Å². The number of nitrogens with zero attached hydrogens (tertiary/aromatic N) is 3. The van der Waals surface area contributed by atoms with Crippen LogP contribution in [0.3, 0.4) is 0 Å². The molecule has 1 amide bonds. The van der Waals surface area contributed by atoms with Crippen LogP contribution >= 0.6 is 0 Å². The van der Waals surface area contributed by atoms with Gasteiger partial charge in [0.05, 0.1) is 23.9 Å². The van der Waals surface area contributed by atoms with Gasteiger partial charge in [0.2, 0.25) is 0 Å². The number of benzene rings is 1. The summed E-state index contributed by atoms with van der Waals surface area (Å²) in [6, 6.07) is 11.8. The van der Waals surface area contributed by atoms with Crippen molar-refractivity contribution in [2.45, 2.75) is 26.2 Å². The van der Waals surface area contributed by atoms with E-state index in [9.17, 15) is 4.79 Å². The largest absolute Gasteiger partial charge is 0.367 e. The SMILES string of the molecule is Cc1ccc(-c2cn3c(n2)CO[C@@H](CNC(=O)c2cccnc2)C3)cc1. The Kier molecular flexibility index (Phi) is 4.50. The zero-order chi connectivity index (χ0) is 17.9. The van der Waals surface area contributed by atoms with E-state index in [1.807, 2.05) is 0 Å². The van der Waals surface area contributed by atoms with Gasteiger partial charge in [-0.3, -0.25) is 9.78 Å². The Balaban J connectivity index is 1.40. The van der Waals surface area contributed by atoms with Gasteiger partial charge in [0.15, 0.2) is 0 Å². The van der Waals surface area contributed by atoms with Crippen LogP contribution in [0.2, 0.25) is 0 Å². The maximum Gasteiger partial charge on any atom is 0.252 e. The lowest BCUT2D eigenvalue weighted by molar-refractivity contribution is 0.00327. The van der Waals surface area contributed by atoms with Crippen molar-refractivity contribution in [3.8, 4) is 11.3 Å². The zero-order valence-corrected chi connectivity index (χ0v) is 14.6. The molecule has 3 aromatic rings. The Labute approximate surface area is 151 Å². The van der Waals surface area contributed by atoms with Crippen molar-refractivity contribution in [2.24, 2.45) is 0 Å². The third kappa shape index (κ3) is 3.50. The van der Waals surface area contributed by atoms with Crippen molar-refractivity contribution in [1.82, 2.24) is 19.9 Å². The summed E-state index contributed by atoms with van der Waals surface area (Å²) in [5, 5.41) is 2.91. The molecule has 0 saturated carbocycles. The van der Waals surface area contributed by atoms with Crippen LogP contribution in [-0.2, 0) is 17.9 Å². The number of fused-ring (bicyclic) bond motifs is 1. The first kappa shape index (κ1) is 16.5. The smallest absolute Gasteiger partial charge is 0.252 e. The highest BCUT2D eigenvalue weighted by Crippen LogP contribution is 2.22. The first-order valence-electron chi connectivity index (χ1n) is 8.62. The average molecular weight is 348 g/mol. The van der Waals surface area contributed by atoms with Crippen molar-refractivity contribution in [3.05, 3.63) is 71.9 Å². The van der Waals surface area contributed by atoms with Gasteiger partial charge in [0.25, 0.3) is 5.91 Å². The molecule has 0 fully saturated rings. The topological polar surface area (TPSA) is 69.0 Å². The van der Waals surface area contributed by atoms with Crippen LogP contribution in [0.4, 0.5) is 0 Å². The molecule has 1 aliphatic heterocycles. The predicted molar refractivity (Wildman–Crippen MR) is 97.5 cm³/mol. The lowest BCUT2D eigenvalue weighted by Crippen LogP contribution is -2.38. The maximum atomic E-state index is 12.1. The van der Waals surface area contributed by atoms with E-state index in [4.69, 9.17) is 4.74 Å². The molecular formula is C20H20N4O2. The molecule has 6 heteroatoms. The van der Waals surface area contributed by atoms with Crippen LogP contribution in [0.15, 0.2) is 55.0 Å². The molecule has 1 aromatic carbocycles. The summed E-state index contributed by atoms with van der Waals surface area (Å²) < 4.78 is 7.96. The summed E-state index contributed by atoms with van der Waals surface area (Å²) in [4.78, 5) is 20.8. The van der Waals surface area contributed by atoms with Crippen LogP contribution in [0.5, 0.6) is 0 Å². The molecule has 1 aliphatic rings. The maximum absolute atomic E-state index is 12.1. The van der Waals surface area contributed by atoms with Gasteiger partial charge in [-0.1, -0.05) is 29.8 Å². The van der Waals surface area contributed by atoms with Gasteiger partial charge in [0, 0.05) is 30.7 Å². The van der Waals surface area contributed by atoms with Crippen molar-refractivity contribution in [1.29, 1.82) is 0 Å². The number of carbonyl (C=O) groups is 1. The Hall–Kier alpha value is -2.99. The molecule has 0 unspecified atom stereocenters. The number of imidazole rings is 1. The van der Waals surface area contributed by atoms with Crippen molar-refractivity contribution in [3.63, 3.8) is 0 Å². The number of amides is 1. The molecular weight excluding hydrogens is 328 g/mol. The van der Waals surface area contributed by atoms with E-state index in [1.54, 1.807) is 24.5 Å². The summed E-state index contributed by atoms with van der Waals surface area (Å²) >= 11 is 0. The molecule has 26 heavy (non-hydrogen) atoms. The van der Waals surface area contributed by atoms with Gasteiger partial charge in [-0.05, 0) is 19.1 Å².